The first kappa shape index (κ1) is 20.6. The number of imidazole rings is 1. The predicted molar refractivity (Wildman–Crippen MR) is 129 cm³/mol. The number of hydrogen-bond acceptors (Lipinski definition) is 6. The Bertz CT molecular complexity index is 1420. The van der Waals surface area contributed by atoms with E-state index in [1.54, 1.807) is 12.4 Å². The van der Waals surface area contributed by atoms with Gasteiger partial charge < -0.3 is 20.4 Å². The minimum atomic E-state index is -0.337. The van der Waals surface area contributed by atoms with Gasteiger partial charge in [-0.05, 0) is 43.9 Å². The number of amides is 1. The zero-order valence-corrected chi connectivity index (χ0v) is 18.9. The third-order valence-corrected chi connectivity index (χ3v) is 6.63. The number of rotatable bonds is 5. The van der Waals surface area contributed by atoms with E-state index in [9.17, 15) is 9.18 Å². The first-order valence-corrected chi connectivity index (χ1v) is 11.2. The molecule has 0 bridgehead atoms. The lowest BCUT2D eigenvalue weighted by Crippen LogP contribution is -2.57. The summed E-state index contributed by atoms with van der Waals surface area (Å²) in [6.07, 6.45) is 3.36. The smallest absolute Gasteiger partial charge is 0.254 e. The molecule has 4 aromatic rings. The van der Waals surface area contributed by atoms with Crippen LogP contribution in [0.3, 0.4) is 0 Å². The van der Waals surface area contributed by atoms with Crippen LogP contribution in [0.4, 0.5) is 21.7 Å². The van der Waals surface area contributed by atoms with Gasteiger partial charge in [0.05, 0.1) is 23.1 Å². The summed E-state index contributed by atoms with van der Waals surface area (Å²) in [6, 6.07) is 13.1. The lowest BCUT2D eigenvalue weighted by Gasteiger charge is -2.43. The zero-order valence-electron chi connectivity index (χ0n) is 18.9. The number of pyridine rings is 2. The van der Waals surface area contributed by atoms with Crippen LogP contribution in [0.1, 0.15) is 15.9 Å². The monoisotopic (exact) mass is 457 g/mol. The number of aromatic nitrogens is 3. The molecule has 1 amide bonds. The van der Waals surface area contributed by atoms with E-state index in [0.717, 1.165) is 35.7 Å². The van der Waals surface area contributed by atoms with Gasteiger partial charge in [-0.2, -0.15) is 0 Å². The largest absolute Gasteiger partial charge is 0.353 e. The number of nitrogens with one attached hydrogen (secondary N) is 2. The molecule has 1 saturated heterocycles. The molecule has 1 fully saturated rings. The molecule has 0 radical (unpaired) electrons. The van der Waals surface area contributed by atoms with E-state index >= 15 is 0 Å². The summed E-state index contributed by atoms with van der Waals surface area (Å²) in [4.78, 5) is 26.3. The highest BCUT2D eigenvalue weighted by Crippen LogP contribution is 2.35. The van der Waals surface area contributed by atoms with Crippen molar-refractivity contribution < 1.29 is 9.18 Å². The van der Waals surface area contributed by atoms with Gasteiger partial charge in [-0.25, -0.2) is 14.4 Å². The Labute approximate surface area is 196 Å². The van der Waals surface area contributed by atoms with Crippen LogP contribution in [0.2, 0.25) is 0 Å². The van der Waals surface area contributed by atoms with Gasteiger partial charge in [0, 0.05) is 43.5 Å². The fourth-order valence-corrected chi connectivity index (χ4v) is 4.62. The maximum atomic E-state index is 13.6. The van der Waals surface area contributed by atoms with Crippen molar-refractivity contribution in [2.24, 2.45) is 0 Å². The van der Waals surface area contributed by atoms with Gasteiger partial charge in [0.15, 0.2) is 0 Å². The van der Waals surface area contributed by atoms with Crippen LogP contribution in [-0.4, -0.2) is 58.4 Å². The van der Waals surface area contributed by atoms with Crippen LogP contribution in [0, 0.1) is 5.82 Å². The molecule has 0 aliphatic carbocycles. The van der Waals surface area contributed by atoms with Gasteiger partial charge in [-0.15, -0.1) is 0 Å². The second-order valence-corrected chi connectivity index (χ2v) is 8.94. The average Bonchev–Trinajstić information content (AvgIpc) is 3.37. The van der Waals surface area contributed by atoms with Crippen molar-refractivity contribution in [1.29, 1.82) is 0 Å². The lowest BCUT2D eigenvalue weighted by atomic mass is 9.99. The Balaban J connectivity index is 1.33. The highest BCUT2D eigenvalue weighted by molar-refractivity contribution is 6.06. The van der Waals surface area contributed by atoms with E-state index in [0.29, 0.717) is 35.3 Å². The predicted octanol–water partition coefficient (Wildman–Crippen LogP) is 3.27. The van der Waals surface area contributed by atoms with Gasteiger partial charge >= 0.3 is 0 Å². The molecular formula is C25H24FN7O. The Morgan fingerprint density at radius 1 is 1.18 bits per heavy atom. The second kappa shape index (κ2) is 7.81. The molecule has 0 saturated carbocycles. The highest BCUT2D eigenvalue weighted by Gasteiger charge is 2.30. The molecule has 0 spiro atoms. The standard InChI is InChI=1S/C25H24FN7O/c1-31(2)16-13-32(14-16)22-5-3-4-21(30-22)29-19-7-6-17(18-11-28-25(34)24(18)19)20-12-27-23-10-15(26)8-9-33(20)23/h3-10,12,16H,11,13-14H2,1-2H3,(H,28,34)(H,29,30). The molecule has 34 heavy (non-hydrogen) atoms. The van der Waals surface area contributed by atoms with Crippen LogP contribution < -0.4 is 15.5 Å². The van der Waals surface area contributed by atoms with Gasteiger partial charge in [-0.1, -0.05) is 12.1 Å². The molecule has 2 aliphatic rings. The first-order valence-electron chi connectivity index (χ1n) is 11.2. The number of anilines is 3. The van der Waals surface area contributed by atoms with Gasteiger partial charge in [0.1, 0.15) is 23.1 Å². The Morgan fingerprint density at radius 2 is 2.03 bits per heavy atom. The number of fused-ring (bicyclic) bond motifs is 2. The normalized spacial score (nSPS) is 15.5. The minimum Gasteiger partial charge on any atom is -0.353 e. The van der Waals surface area contributed by atoms with E-state index in [4.69, 9.17) is 4.98 Å². The number of carbonyl (C=O) groups is 1. The highest BCUT2D eigenvalue weighted by atomic mass is 19.1. The van der Waals surface area contributed by atoms with Crippen molar-refractivity contribution in [3.05, 3.63) is 71.8 Å². The molecule has 1 aromatic carbocycles. The van der Waals surface area contributed by atoms with Crippen molar-refractivity contribution in [3.8, 4) is 11.3 Å². The molecule has 6 rings (SSSR count). The van der Waals surface area contributed by atoms with E-state index in [-0.39, 0.29) is 11.7 Å². The summed E-state index contributed by atoms with van der Waals surface area (Å²) in [5, 5.41) is 6.28. The van der Waals surface area contributed by atoms with Crippen molar-refractivity contribution >= 4 is 28.9 Å². The third kappa shape index (κ3) is 3.36. The van der Waals surface area contributed by atoms with Crippen LogP contribution in [0.5, 0.6) is 0 Å². The third-order valence-electron chi connectivity index (χ3n) is 6.63. The van der Waals surface area contributed by atoms with Crippen LogP contribution in [0.15, 0.2) is 54.9 Å². The minimum absolute atomic E-state index is 0.132. The van der Waals surface area contributed by atoms with Crippen LogP contribution >= 0.6 is 0 Å². The zero-order chi connectivity index (χ0) is 23.4. The van der Waals surface area contributed by atoms with Crippen LogP contribution in [-0.2, 0) is 6.54 Å². The molecule has 0 unspecified atom stereocenters. The average molecular weight is 458 g/mol. The Morgan fingerprint density at radius 3 is 2.85 bits per heavy atom. The number of halogens is 1. The van der Waals surface area contributed by atoms with Crippen molar-refractivity contribution in [2.75, 3.05) is 37.4 Å². The fourth-order valence-electron chi connectivity index (χ4n) is 4.62. The molecule has 9 heteroatoms. The second-order valence-electron chi connectivity index (χ2n) is 8.94. The summed E-state index contributed by atoms with van der Waals surface area (Å²) in [5.74, 6) is 1.13. The number of nitrogens with zero attached hydrogens (tertiary/aromatic N) is 5. The number of carbonyl (C=O) groups excluding carboxylic acids is 1. The molecule has 5 heterocycles. The number of benzene rings is 1. The van der Waals surface area contributed by atoms with Gasteiger partial charge in [0.25, 0.3) is 5.91 Å². The van der Waals surface area contributed by atoms with Gasteiger partial charge in [0.2, 0.25) is 0 Å². The van der Waals surface area contributed by atoms with E-state index in [1.165, 1.54) is 12.1 Å². The Hall–Kier alpha value is -3.98. The molecule has 172 valence electrons. The molecule has 8 nitrogen and oxygen atoms in total. The van der Waals surface area contributed by atoms with Crippen molar-refractivity contribution in [3.63, 3.8) is 0 Å². The summed E-state index contributed by atoms with van der Waals surface area (Å²) in [5.41, 5.74) is 4.39. The summed E-state index contributed by atoms with van der Waals surface area (Å²) >= 11 is 0. The van der Waals surface area contributed by atoms with Crippen molar-refractivity contribution in [1.82, 2.24) is 24.6 Å². The number of likely N-dealkylation sites (N-methyl/N-ethyl adjacent to an activating group) is 1. The van der Waals surface area contributed by atoms with E-state index in [2.05, 4.69) is 39.5 Å². The van der Waals surface area contributed by atoms with E-state index in [1.807, 2.05) is 34.7 Å². The van der Waals surface area contributed by atoms with Gasteiger partial charge in [-0.3, -0.25) is 9.20 Å². The number of hydrogen-bond donors (Lipinski definition) is 2. The summed E-state index contributed by atoms with van der Waals surface area (Å²) in [6.45, 7) is 2.30. The summed E-state index contributed by atoms with van der Waals surface area (Å²) < 4.78 is 15.4. The molecular weight excluding hydrogens is 433 g/mol. The first-order chi connectivity index (χ1) is 16.5. The lowest BCUT2D eigenvalue weighted by molar-refractivity contribution is 0.0966. The maximum Gasteiger partial charge on any atom is 0.254 e. The molecule has 2 aliphatic heterocycles. The fraction of sp³-hybridized carbons (Fsp3) is 0.240. The Kier molecular flexibility index (Phi) is 4.73. The molecule has 3 aromatic heterocycles. The molecule has 0 atom stereocenters. The quantitative estimate of drug-likeness (QED) is 0.479. The molecule has 2 N–H and O–H groups in total. The SMILES string of the molecule is CN(C)C1CN(c2cccc(Nc3ccc(-c4cnc5cc(F)ccn45)c4c3C(=O)NC4)n2)C1. The topological polar surface area (TPSA) is 77.8 Å². The van der Waals surface area contributed by atoms with Crippen LogP contribution in [0.25, 0.3) is 16.9 Å². The van der Waals surface area contributed by atoms with Crippen molar-refractivity contribution in [2.45, 2.75) is 12.6 Å². The summed E-state index contributed by atoms with van der Waals surface area (Å²) in [7, 11) is 4.18. The van der Waals surface area contributed by atoms with E-state index < -0.39 is 0 Å². The maximum absolute atomic E-state index is 13.6.